The third kappa shape index (κ3) is 7.65. The Hall–Kier alpha value is -2.42. The Morgan fingerprint density at radius 1 is 0.968 bits per heavy atom. The first-order chi connectivity index (χ1) is 15.0. The molecule has 2 amide bonds. The summed E-state index contributed by atoms with van der Waals surface area (Å²) >= 11 is 3.39. The lowest BCUT2D eigenvalue weighted by atomic mass is 10.2. The van der Waals surface area contributed by atoms with Gasteiger partial charge in [0.15, 0.2) is 0 Å². The van der Waals surface area contributed by atoms with Gasteiger partial charge in [-0.25, -0.2) is 0 Å². The highest BCUT2D eigenvalue weighted by molar-refractivity contribution is 9.10. The minimum Gasteiger partial charge on any atom is -0.494 e. The van der Waals surface area contributed by atoms with Crippen LogP contribution in [0.3, 0.4) is 0 Å². The van der Waals surface area contributed by atoms with E-state index in [-0.39, 0.29) is 18.4 Å². The second-order valence-electron chi connectivity index (χ2n) is 7.43. The molecule has 0 aliphatic carbocycles. The molecule has 2 aromatic rings. The van der Waals surface area contributed by atoms with E-state index in [9.17, 15) is 9.59 Å². The Balaban J connectivity index is 1.34. The number of hydrogen-bond acceptors (Lipinski definition) is 5. The smallest absolute Gasteiger partial charge is 0.243 e. The number of nitrogens with zero attached hydrogens (tertiary/aromatic N) is 2. The highest BCUT2D eigenvalue weighted by Crippen LogP contribution is 2.20. The van der Waals surface area contributed by atoms with Crippen LogP contribution in [0.4, 0.5) is 5.69 Å². The van der Waals surface area contributed by atoms with E-state index in [0.29, 0.717) is 18.8 Å². The van der Waals surface area contributed by atoms with Crippen molar-refractivity contribution in [2.45, 2.75) is 13.5 Å². The zero-order valence-electron chi connectivity index (χ0n) is 17.8. The molecule has 0 spiro atoms. The van der Waals surface area contributed by atoms with Crippen LogP contribution in [-0.4, -0.2) is 67.5 Å². The Labute approximate surface area is 191 Å². The molecule has 2 N–H and O–H groups in total. The lowest BCUT2D eigenvalue weighted by Crippen LogP contribution is -2.49. The summed E-state index contributed by atoms with van der Waals surface area (Å²) in [6, 6.07) is 15.6. The number of benzene rings is 2. The maximum absolute atomic E-state index is 12.2. The highest BCUT2D eigenvalue weighted by atomic mass is 79.9. The Morgan fingerprint density at radius 2 is 1.65 bits per heavy atom. The van der Waals surface area contributed by atoms with E-state index < -0.39 is 0 Å². The van der Waals surface area contributed by atoms with Crippen LogP contribution in [0.5, 0.6) is 5.75 Å². The van der Waals surface area contributed by atoms with E-state index in [1.54, 1.807) is 6.07 Å². The molecule has 166 valence electrons. The molecule has 1 aliphatic rings. The number of ether oxygens (including phenoxy) is 1. The predicted molar refractivity (Wildman–Crippen MR) is 125 cm³/mol. The fraction of sp³-hybridized carbons (Fsp3) is 0.391. The molecule has 0 aromatic heterocycles. The van der Waals surface area contributed by atoms with Crippen LogP contribution in [0.25, 0.3) is 0 Å². The maximum atomic E-state index is 12.2. The van der Waals surface area contributed by atoms with Gasteiger partial charge in [-0.15, -0.1) is 0 Å². The molecule has 2 aromatic carbocycles. The van der Waals surface area contributed by atoms with Gasteiger partial charge in [0, 0.05) is 37.2 Å². The van der Waals surface area contributed by atoms with Crippen LogP contribution < -0.4 is 15.4 Å². The Bertz CT molecular complexity index is 867. The summed E-state index contributed by atoms with van der Waals surface area (Å²) in [6.45, 7) is 7.27. The van der Waals surface area contributed by atoms with E-state index in [1.165, 1.54) is 5.56 Å². The third-order valence-corrected chi connectivity index (χ3v) is 5.76. The Kier molecular flexibility index (Phi) is 8.87. The maximum Gasteiger partial charge on any atom is 0.243 e. The largest absolute Gasteiger partial charge is 0.494 e. The molecule has 31 heavy (non-hydrogen) atoms. The first kappa shape index (κ1) is 23.2. The van der Waals surface area contributed by atoms with Crippen molar-refractivity contribution < 1.29 is 14.3 Å². The molecule has 1 saturated heterocycles. The van der Waals surface area contributed by atoms with Crippen molar-refractivity contribution in [3.63, 3.8) is 0 Å². The van der Waals surface area contributed by atoms with Crippen molar-refractivity contribution in [2.75, 3.05) is 51.2 Å². The fourth-order valence-electron chi connectivity index (χ4n) is 3.42. The van der Waals surface area contributed by atoms with E-state index in [1.807, 2.05) is 37.3 Å². The lowest BCUT2D eigenvalue weighted by molar-refractivity contribution is -0.125. The van der Waals surface area contributed by atoms with Gasteiger partial charge in [-0.2, -0.15) is 0 Å². The molecule has 0 radical (unpaired) electrons. The second-order valence-corrected chi connectivity index (χ2v) is 8.29. The molecule has 1 fully saturated rings. The molecule has 1 heterocycles. The number of piperazine rings is 1. The minimum atomic E-state index is -0.250. The zero-order valence-corrected chi connectivity index (χ0v) is 19.4. The fourth-order valence-corrected chi connectivity index (χ4v) is 3.80. The van der Waals surface area contributed by atoms with Gasteiger partial charge in [-0.1, -0.05) is 24.3 Å². The average molecular weight is 489 g/mol. The number of carbonyl (C=O) groups is 2. The normalized spacial score (nSPS) is 14.8. The number of nitrogens with one attached hydrogen (secondary N) is 2. The Morgan fingerprint density at radius 3 is 2.32 bits per heavy atom. The van der Waals surface area contributed by atoms with Gasteiger partial charge >= 0.3 is 0 Å². The van der Waals surface area contributed by atoms with E-state index in [2.05, 4.69) is 48.5 Å². The molecule has 1 aliphatic heterocycles. The van der Waals surface area contributed by atoms with Gasteiger partial charge < -0.3 is 15.4 Å². The van der Waals surface area contributed by atoms with E-state index >= 15 is 0 Å². The van der Waals surface area contributed by atoms with Crippen LogP contribution in [0, 0.1) is 0 Å². The van der Waals surface area contributed by atoms with Crippen molar-refractivity contribution >= 4 is 33.4 Å². The molecule has 8 heteroatoms. The molecule has 0 saturated carbocycles. The van der Waals surface area contributed by atoms with Crippen LogP contribution in [0.1, 0.15) is 12.5 Å². The van der Waals surface area contributed by atoms with Gasteiger partial charge in [0.1, 0.15) is 5.75 Å². The van der Waals surface area contributed by atoms with Crippen LogP contribution >= 0.6 is 15.9 Å². The van der Waals surface area contributed by atoms with Crippen molar-refractivity contribution in [1.29, 1.82) is 0 Å². The molecule has 7 nitrogen and oxygen atoms in total. The summed E-state index contributed by atoms with van der Waals surface area (Å²) in [5.41, 5.74) is 1.94. The first-order valence-electron chi connectivity index (χ1n) is 10.5. The number of rotatable bonds is 9. The summed E-state index contributed by atoms with van der Waals surface area (Å²) in [7, 11) is 0. The average Bonchev–Trinajstić information content (AvgIpc) is 2.77. The lowest BCUT2D eigenvalue weighted by Gasteiger charge is -2.34. The molecule has 0 bridgehead atoms. The summed E-state index contributed by atoms with van der Waals surface area (Å²) in [4.78, 5) is 28.8. The summed E-state index contributed by atoms with van der Waals surface area (Å²) in [6.07, 6.45) is 0. The molecule has 0 unspecified atom stereocenters. The quantitative estimate of drug-likeness (QED) is 0.567. The number of para-hydroxylation sites is 1. The van der Waals surface area contributed by atoms with Crippen LogP contribution in [0.15, 0.2) is 53.0 Å². The molecular weight excluding hydrogens is 460 g/mol. The van der Waals surface area contributed by atoms with Gasteiger partial charge in [0.25, 0.3) is 0 Å². The van der Waals surface area contributed by atoms with E-state index in [0.717, 1.165) is 42.9 Å². The first-order valence-corrected chi connectivity index (χ1v) is 11.3. The number of amides is 2. The van der Waals surface area contributed by atoms with Gasteiger partial charge in [0.2, 0.25) is 11.8 Å². The van der Waals surface area contributed by atoms with E-state index in [4.69, 9.17) is 4.74 Å². The highest BCUT2D eigenvalue weighted by Gasteiger charge is 2.19. The molecule has 3 rings (SSSR count). The van der Waals surface area contributed by atoms with Crippen molar-refractivity contribution in [3.8, 4) is 5.75 Å². The van der Waals surface area contributed by atoms with Gasteiger partial charge in [-0.05, 0) is 52.7 Å². The summed E-state index contributed by atoms with van der Waals surface area (Å²) in [5, 5.41) is 5.48. The summed E-state index contributed by atoms with van der Waals surface area (Å²) < 4.78 is 6.29. The van der Waals surface area contributed by atoms with Crippen molar-refractivity contribution in [1.82, 2.24) is 15.1 Å². The predicted octanol–water partition coefficient (Wildman–Crippen LogP) is 2.72. The van der Waals surface area contributed by atoms with Crippen LogP contribution in [-0.2, 0) is 16.1 Å². The van der Waals surface area contributed by atoms with Gasteiger partial charge in [-0.3, -0.25) is 19.4 Å². The number of carbonyl (C=O) groups excluding carboxylic acids is 2. The zero-order chi connectivity index (χ0) is 22.1. The molecule has 0 atom stereocenters. The minimum absolute atomic E-state index is 0.0438. The molecular formula is C23H29BrN4O3. The monoisotopic (exact) mass is 488 g/mol. The topological polar surface area (TPSA) is 73.9 Å². The van der Waals surface area contributed by atoms with Gasteiger partial charge in [0.05, 0.1) is 25.4 Å². The number of halogens is 1. The number of hydrogen-bond donors (Lipinski definition) is 2. The summed E-state index contributed by atoms with van der Waals surface area (Å²) in [5.74, 6) is 0.509. The number of anilines is 1. The van der Waals surface area contributed by atoms with Crippen molar-refractivity contribution in [2.24, 2.45) is 0 Å². The van der Waals surface area contributed by atoms with Crippen LogP contribution in [0.2, 0.25) is 0 Å². The van der Waals surface area contributed by atoms with Crippen molar-refractivity contribution in [3.05, 3.63) is 58.6 Å². The SMILES string of the molecule is CCOc1ccc(CN2CCN(CC(=O)NCC(=O)Nc3ccccc3Br)CC2)cc1. The third-order valence-electron chi connectivity index (χ3n) is 5.07. The standard InChI is InChI=1S/C23H29BrN4O3/c1-2-31-19-9-7-18(8-10-19)16-27-11-13-28(14-12-27)17-23(30)25-15-22(29)26-21-6-4-3-5-20(21)24/h3-10H,2,11-17H2,1H3,(H,25,30)(H,26,29). The second kappa shape index (κ2) is 11.8.